The van der Waals surface area contributed by atoms with Gasteiger partial charge in [0.05, 0.1) is 30.8 Å². The summed E-state index contributed by atoms with van der Waals surface area (Å²) in [7, 11) is 0. The monoisotopic (exact) mass is 449 g/mol. The number of hydrogen-bond acceptors (Lipinski definition) is 9. The lowest BCUT2D eigenvalue weighted by molar-refractivity contribution is -0.355. The average Bonchev–Trinajstić information content (AvgIpc) is 2.74. The molecule has 0 radical (unpaired) electrons. The molecule has 2 aliphatic heterocycles. The van der Waals surface area contributed by atoms with Crippen molar-refractivity contribution in [3.05, 3.63) is 0 Å². The maximum Gasteiger partial charge on any atom is 0.187 e. The van der Waals surface area contributed by atoms with Crippen molar-refractivity contribution >= 4 is 0 Å². The largest absolute Gasteiger partial charge is 0.427 e. The summed E-state index contributed by atoms with van der Waals surface area (Å²) in [4.78, 5) is 0. The van der Waals surface area contributed by atoms with E-state index in [1.165, 1.54) is 0 Å². The summed E-state index contributed by atoms with van der Waals surface area (Å²) in [6.45, 7) is -0.537. The van der Waals surface area contributed by atoms with Gasteiger partial charge in [0.15, 0.2) is 18.5 Å². The average molecular weight is 450 g/mol. The van der Waals surface area contributed by atoms with Crippen LogP contribution in [0.1, 0.15) is 44.9 Å². The maximum atomic E-state index is 10.5. The summed E-state index contributed by atoms with van der Waals surface area (Å²) in [6.07, 6.45) is -5.29. The molecule has 4 aliphatic rings. The number of ether oxygens (including phenoxy) is 3. The molecule has 0 bridgehead atoms. The molecule has 6 unspecified atom stereocenters. The predicted molar refractivity (Wildman–Crippen MR) is 106 cm³/mol. The van der Waals surface area contributed by atoms with E-state index in [-0.39, 0.29) is 36.6 Å². The third kappa shape index (κ3) is 4.93. The molecule has 2 heterocycles. The molecule has 8 N–H and O–H groups in total. The highest BCUT2D eigenvalue weighted by Gasteiger charge is 2.54. The molecule has 0 aromatic carbocycles. The van der Waals surface area contributed by atoms with E-state index in [1.807, 2.05) is 0 Å². The topological polar surface area (TPSA) is 173 Å². The van der Waals surface area contributed by atoms with E-state index in [0.29, 0.717) is 25.7 Å². The Balaban J connectivity index is 1.52. The van der Waals surface area contributed by atoms with Gasteiger partial charge in [-0.25, -0.2) is 0 Å². The first-order chi connectivity index (χ1) is 14.8. The quantitative estimate of drug-likeness (QED) is 0.229. The second kappa shape index (κ2) is 9.84. The third-order valence-electron chi connectivity index (χ3n) is 7.65. The predicted octanol–water partition coefficient (Wildman–Crippen LogP) is -2.48. The van der Waals surface area contributed by atoms with E-state index in [1.54, 1.807) is 0 Å². The summed E-state index contributed by atoms with van der Waals surface area (Å²) in [5.74, 6) is -0.0424. The van der Waals surface area contributed by atoms with Crippen molar-refractivity contribution in [3.8, 4) is 0 Å². The Morgan fingerprint density at radius 2 is 1.52 bits per heavy atom. The lowest BCUT2D eigenvalue weighted by atomic mass is 9.73. The van der Waals surface area contributed by atoms with E-state index in [2.05, 4.69) is 0 Å². The number of rotatable bonds is 4. The zero-order chi connectivity index (χ0) is 22.3. The van der Waals surface area contributed by atoms with Gasteiger partial charge in [0.25, 0.3) is 0 Å². The Bertz CT molecular complexity index is 583. The normalized spacial score (nSPS) is 53.7. The van der Waals surface area contributed by atoms with Crippen LogP contribution in [0, 0.1) is 11.8 Å². The van der Waals surface area contributed by atoms with Crippen LogP contribution in [0.3, 0.4) is 0 Å². The van der Waals surface area contributed by atoms with Crippen molar-refractivity contribution < 1.29 is 50.0 Å². The maximum absolute atomic E-state index is 10.5. The van der Waals surface area contributed by atoms with E-state index in [4.69, 9.17) is 14.2 Å². The minimum absolute atomic E-state index is 0.149. The van der Waals surface area contributed by atoms with Gasteiger partial charge >= 0.3 is 0 Å². The summed E-state index contributed by atoms with van der Waals surface area (Å²) >= 11 is 0. The molecule has 11 atom stereocenters. The summed E-state index contributed by atoms with van der Waals surface area (Å²) < 4.78 is 16.7. The summed E-state index contributed by atoms with van der Waals surface area (Å²) in [5, 5.41) is 70.6. The smallest absolute Gasteiger partial charge is 0.187 e. The van der Waals surface area contributed by atoms with Crippen LogP contribution in [-0.2, 0) is 9.47 Å². The van der Waals surface area contributed by atoms with Gasteiger partial charge < -0.3 is 50.0 Å². The Morgan fingerprint density at radius 1 is 0.806 bits per heavy atom. The minimum atomic E-state index is -1.53. The van der Waals surface area contributed by atoms with Crippen LogP contribution < -0.4 is 0 Å². The van der Waals surface area contributed by atoms with Crippen molar-refractivity contribution in [3.63, 3.8) is 0 Å². The molecule has 4 rings (SSSR count). The number of aliphatic hydroxyl groups is 9. The van der Waals surface area contributed by atoms with Crippen LogP contribution in [0.25, 0.3) is 0 Å². The van der Waals surface area contributed by atoms with Crippen LogP contribution >= 0.6 is 0 Å². The van der Waals surface area contributed by atoms with Gasteiger partial charge in [0.1, 0.15) is 30.5 Å². The Kier molecular flexibility index (Phi) is 7.54. The SMILES string of the molecule is OC[C@@H]1O[C@@H](OC2CC3C(O)CC(O)CC3[OH+]C2C2CCC(O)CC2)[C@@H](O)[C@H](O)[C@H]1O. The third-order valence-corrected chi connectivity index (χ3v) is 7.65. The van der Waals surface area contributed by atoms with E-state index in [0.717, 1.165) is 12.8 Å². The fourth-order valence-corrected chi connectivity index (χ4v) is 5.83. The van der Waals surface area contributed by atoms with Crippen LogP contribution in [0.4, 0.5) is 0 Å². The van der Waals surface area contributed by atoms with Gasteiger partial charge in [0, 0.05) is 18.8 Å². The van der Waals surface area contributed by atoms with Gasteiger partial charge in [-0.05, 0) is 32.1 Å². The first-order valence-corrected chi connectivity index (χ1v) is 11.5. The van der Waals surface area contributed by atoms with Crippen LogP contribution in [0.5, 0.6) is 0 Å². The number of aliphatic hydroxyl groups excluding tert-OH is 7. The molecule has 10 heteroatoms. The van der Waals surface area contributed by atoms with E-state index >= 15 is 0 Å². The van der Waals surface area contributed by atoms with Gasteiger partial charge in [-0.3, -0.25) is 0 Å². The molecule has 2 saturated heterocycles. The highest BCUT2D eigenvalue weighted by molar-refractivity contribution is 4.97. The molecule has 10 nitrogen and oxygen atoms in total. The first-order valence-electron chi connectivity index (χ1n) is 11.5. The lowest BCUT2D eigenvalue weighted by Gasteiger charge is -2.48. The van der Waals surface area contributed by atoms with Crippen LogP contribution in [0.15, 0.2) is 0 Å². The molecule has 180 valence electrons. The summed E-state index contributed by atoms with van der Waals surface area (Å²) in [5.41, 5.74) is 0. The zero-order valence-corrected chi connectivity index (χ0v) is 17.6. The lowest BCUT2D eigenvalue weighted by Crippen LogP contribution is -2.62. The highest BCUT2D eigenvalue weighted by Crippen LogP contribution is 2.42. The molecule has 0 aromatic heterocycles. The minimum Gasteiger partial charge on any atom is -0.427 e. The Labute approximate surface area is 181 Å². The van der Waals surface area contributed by atoms with Crippen molar-refractivity contribution in [1.82, 2.24) is 0 Å². The van der Waals surface area contributed by atoms with Gasteiger partial charge in [-0.1, -0.05) is 0 Å². The molecule has 2 saturated carbocycles. The fourth-order valence-electron chi connectivity index (χ4n) is 5.83. The molecular weight excluding hydrogens is 412 g/mol. The molecule has 4 fully saturated rings. The van der Waals surface area contributed by atoms with Gasteiger partial charge in [0.2, 0.25) is 0 Å². The Morgan fingerprint density at radius 3 is 2.19 bits per heavy atom. The second-order valence-electron chi connectivity index (χ2n) is 9.74. The first kappa shape index (κ1) is 23.7. The zero-order valence-electron chi connectivity index (χ0n) is 17.6. The number of fused-ring (bicyclic) bond motifs is 1. The van der Waals surface area contributed by atoms with Crippen molar-refractivity contribution in [2.75, 3.05) is 6.61 Å². The van der Waals surface area contributed by atoms with E-state index in [9.17, 15) is 35.7 Å². The van der Waals surface area contributed by atoms with Crippen LogP contribution in [-0.4, -0.2) is 114 Å². The molecule has 31 heavy (non-hydrogen) atoms. The molecule has 2 aliphatic carbocycles. The molecule has 0 amide bonds. The molecule has 0 spiro atoms. The highest BCUT2D eigenvalue weighted by atomic mass is 16.7. The summed E-state index contributed by atoms with van der Waals surface area (Å²) in [6, 6.07) is 0. The fraction of sp³-hybridized carbons (Fsp3) is 1.00. The standard InChI is InChI=1S/C21H36O10/c22-8-16-17(26)18(27)19(28)21(31-16)30-15-7-12-13(25)5-11(24)6-14(12)29-20(15)9-1-3-10(23)4-2-9/h9-28H,1-8H2/p+1/t9?,10?,11?,12?,13?,14?,15?,16-,17-,18+,19-,20?,21+/m0/s1. The van der Waals surface area contributed by atoms with E-state index < -0.39 is 55.6 Å². The van der Waals surface area contributed by atoms with Crippen LogP contribution in [0.2, 0.25) is 0 Å². The second-order valence-corrected chi connectivity index (χ2v) is 9.74. The van der Waals surface area contributed by atoms with Crippen molar-refractivity contribution in [1.29, 1.82) is 0 Å². The van der Waals surface area contributed by atoms with Gasteiger partial charge in [-0.2, -0.15) is 0 Å². The van der Waals surface area contributed by atoms with Crippen molar-refractivity contribution in [2.45, 2.75) is 112 Å². The number of hydrogen-bond donors (Lipinski definition) is 7. The van der Waals surface area contributed by atoms with Gasteiger partial charge in [-0.15, -0.1) is 0 Å². The molecule has 0 aromatic rings. The van der Waals surface area contributed by atoms with Crippen molar-refractivity contribution in [2.24, 2.45) is 11.8 Å². The molecular formula is C21H37O10+. The Hall–Kier alpha value is -0.400.